The van der Waals surface area contributed by atoms with Crippen LogP contribution < -0.4 is 5.32 Å². The molecule has 2 heteroatoms. The third kappa shape index (κ3) is 4.52. The summed E-state index contributed by atoms with van der Waals surface area (Å²) in [6, 6.07) is 0. The predicted octanol–water partition coefficient (Wildman–Crippen LogP) is -0.0976. The molecule has 0 aliphatic rings. The van der Waals surface area contributed by atoms with Gasteiger partial charge in [-0.3, -0.25) is 0 Å². The fraction of sp³-hybridized carbons (Fsp3) is 0.667. The molecule has 0 aromatic heterocycles. The summed E-state index contributed by atoms with van der Waals surface area (Å²) in [4.78, 5) is 0. The fourth-order valence-electron chi connectivity index (χ4n) is 0. The van der Waals surface area contributed by atoms with Gasteiger partial charge in [-0.2, -0.15) is 0 Å². The van der Waals surface area contributed by atoms with Crippen LogP contribution >= 0.6 is 0 Å². The van der Waals surface area contributed by atoms with Crippen LogP contribution in [0.15, 0.2) is 0 Å². The standard InChI is InChI=1S/C3H7N.W/c1-3-4-2;/h4H,1-2H3;. The fourth-order valence-corrected chi connectivity index (χ4v) is 0. The third-order valence-corrected chi connectivity index (χ3v) is 1.09. The van der Waals surface area contributed by atoms with Crippen molar-refractivity contribution in [2.45, 2.75) is 6.92 Å². The molecule has 0 aromatic rings. The van der Waals surface area contributed by atoms with Crippen molar-refractivity contribution in [2.75, 3.05) is 7.05 Å². The zero-order chi connectivity index (χ0) is 4.28. The van der Waals surface area contributed by atoms with Gasteiger partial charge in [-0.25, -0.2) is 0 Å². The van der Waals surface area contributed by atoms with Gasteiger partial charge in [0.25, 0.3) is 0 Å². The van der Waals surface area contributed by atoms with E-state index >= 15 is 0 Å². The molecule has 0 bridgehead atoms. The molecule has 30 valence electrons. The van der Waals surface area contributed by atoms with E-state index in [2.05, 4.69) is 12.2 Å². The molecule has 0 heterocycles. The van der Waals surface area contributed by atoms with Gasteiger partial charge in [-0.05, 0) is 0 Å². The van der Waals surface area contributed by atoms with E-state index < -0.39 is 0 Å². The molecule has 0 aromatic carbocycles. The molecule has 0 aliphatic carbocycles. The van der Waals surface area contributed by atoms with Gasteiger partial charge in [0.05, 0.1) is 0 Å². The molecule has 0 saturated carbocycles. The van der Waals surface area contributed by atoms with E-state index in [1.54, 1.807) is 0 Å². The number of hydrogen-bond acceptors (Lipinski definition) is 1. The Balaban J connectivity index is 2.85. The van der Waals surface area contributed by atoms with Crippen LogP contribution in [-0.2, 0) is 19.4 Å². The van der Waals surface area contributed by atoms with E-state index in [9.17, 15) is 0 Å². The number of hydrogen-bond donors (Lipinski definition) is 1. The van der Waals surface area contributed by atoms with E-state index in [1.807, 2.05) is 7.05 Å². The Morgan fingerprint density at radius 2 is 2.00 bits per heavy atom. The Bertz CT molecular complexity index is 42.2. The first-order valence-electron chi connectivity index (χ1n) is 1.45. The Labute approximate surface area is 43.2 Å². The monoisotopic (exact) mass is 241 g/mol. The van der Waals surface area contributed by atoms with E-state index in [0.717, 1.165) is 0 Å². The molecule has 1 nitrogen and oxygen atoms in total. The summed E-state index contributed by atoms with van der Waals surface area (Å²) in [7, 11) is 1.93. The number of rotatable bonds is 1. The summed E-state index contributed by atoms with van der Waals surface area (Å²) in [6.07, 6.45) is 0. The first kappa shape index (κ1) is 5.52. The first-order chi connectivity index (χ1) is 2.27. The normalized spacial score (nSPS) is 7.60. The van der Waals surface area contributed by atoms with Crippen LogP contribution in [0.2, 0.25) is 0 Å². The van der Waals surface area contributed by atoms with Crippen LogP contribution in [0.5, 0.6) is 0 Å². The van der Waals surface area contributed by atoms with Crippen LogP contribution in [0, 0.1) is 0 Å². The zero-order valence-corrected chi connectivity index (χ0v) is 6.34. The maximum absolute atomic E-state index is 2.98. The van der Waals surface area contributed by atoms with Crippen LogP contribution in [0.4, 0.5) is 0 Å². The Kier molecular flexibility index (Phi) is 3.02. The first-order valence-corrected chi connectivity index (χ1v) is 2.92. The van der Waals surface area contributed by atoms with E-state index in [1.165, 1.54) is 23.4 Å². The molecular formula is C3H7NW. The molecule has 0 saturated heterocycles. The second-order valence-corrected chi connectivity index (χ2v) is 3.01. The van der Waals surface area contributed by atoms with Crippen molar-refractivity contribution in [1.29, 1.82) is 0 Å². The Hall–Kier alpha value is 0.518. The van der Waals surface area contributed by atoms with Gasteiger partial charge in [-0.15, -0.1) is 0 Å². The molecule has 5 heavy (non-hydrogen) atoms. The Morgan fingerprint density at radius 3 is 2.00 bits per heavy atom. The molecule has 0 aliphatic heterocycles. The SMILES string of the molecule is CN[C](C)=[W]. The number of nitrogens with one attached hydrogen (secondary N) is 1. The zero-order valence-electron chi connectivity index (χ0n) is 3.41. The average Bonchev–Trinajstić information content (AvgIpc) is 1.38. The second kappa shape index (κ2) is 2.74. The van der Waals surface area contributed by atoms with Crippen LogP contribution in [0.3, 0.4) is 0 Å². The maximum atomic E-state index is 2.98. The summed E-state index contributed by atoms with van der Waals surface area (Å²) in [5, 5.41) is 2.98. The van der Waals surface area contributed by atoms with Crippen molar-refractivity contribution in [3.63, 3.8) is 0 Å². The van der Waals surface area contributed by atoms with Crippen LogP contribution in [0.25, 0.3) is 0 Å². The van der Waals surface area contributed by atoms with Crippen molar-refractivity contribution in [1.82, 2.24) is 5.32 Å². The second-order valence-electron chi connectivity index (χ2n) is 0.806. The van der Waals surface area contributed by atoms with Crippen molar-refractivity contribution in [3.8, 4) is 0 Å². The molecule has 0 fully saturated rings. The predicted molar refractivity (Wildman–Crippen MR) is 19.7 cm³/mol. The van der Waals surface area contributed by atoms with Crippen LogP contribution in [0.1, 0.15) is 6.92 Å². The molecule has 0 spiro atoms. The van der Waals surface area contributed by atoms with Gasteiger partial charge < -0.3 is 0 Å². The van der Waals surface area contributed by atoms with E-state index in [0.29, 0.717) is 0 Å². The summed E-state index contributed by atoms with van der Waals surface area (Å²) in [6.45, 7) is 2.06. The summed E-state index contributed by atoms with van der Waals surface area (Å²) in [5.41, 5.74) is 0. The van der Waals surface area contributed by atoms with Gasteiger partial charge in [0.2, 0.25) is 0 Å². The minimum absolute atomic E-state index is 1.34. The third-order valence-electron chi connectivity index (χ3n) is 0.352. The molecule has 0 rings (SSSR count). The van der Waals surface area contributed by atoms with Gasteiger partial charge in [0.1, 0.15) is 0 Å². The van der Waals surface area contributed by atoms with Gasteiger partial charge in [0.15, 0.2) is 0 Å². The van der Waals surface area contributed by atoms with E-state index in [4.69, 9.17) is 0 Å². The Morgan fingerprint density at radius 1 is 1.80 bits per heavy atom. The van der Waals surface area contributed by atoms with Crippen molar-refractivity contribution < 1.29 is 19.4 Å². The molecule has 0 amide bonds. The minimum atomic E-state index is 1.34. The topological polar surface area (TPSA) is 12.0 Å². The summed E-state index contributed by atoms with van der Waals surface area (Å²) in [5.74, 6) is 0. The van der Waals surface area contributed by atoms with Crippen molar-refractivity contribution in [3.05, 3.63) is 0 Å². The molecular weight excluding hydrogens is 234 g/mol. The molecule has 0 radical (unpaired) electrons. The van der Waals surface area contributed by atoms with Gasteiger partial charge in [-0.1, -0.05) is 0 Å². The van der Waals surface area contributed by atoms with Gasteiger partial charge >= 0.3 is 42.7 Å². The average molecular weight is 241 g/mol. The quantitative estimate of drug-likeness (QED) is 0.676. The van der Waals surface area contributed by atoms with E-state index in [-0.39, 0.29) is 0 Å². The molecule has 0 atom stereocenters. The van der Waals surface area contributed by atoms with Crippen molar-refractivity contribution >= 4 is 4.02 Å². The summed E-state index contributed by atoms with van der Waals surface area (Å²) < 4.78 is 1.34. The molecule has 0 unspecified atom stereocenters. The van der Waals surface area contributed by atoms with Crippen LogP contribution in [-0.4, -0.2) is 11.1 Å². The van der Waals surface area contributed by atoms with Crippen molar-refractivity contribution in [2.24, 2.45) is 0 Å². The summed E-state index contributed by atoms with van der Waals surface area (Å²) >= 11 is 1.52. The van der Waals surface area contributed by atoms with Gasteiger partial charge in [0, 0.05) is 0 Å². The molecule has 1 N–H and O–H groups in total.